The molecule has 10 nitrogen and oxygen atoms in total. The summed E-state index contributed by atoms with van der Waals surface area (Å²) in [6.45, 7) is -0.207. The average Bonchev–Trinajstić information content (AvgIpc) is 2.77. The molecule has 0 aliphatic carbocycles. The van der Waals surface area contributed by atoms with E-state index in [1.807, 2.05) is 12.1 Å². The summed E-state index contributed by atoms with van der Waals surface area (Å²) in [4.78, 5) is 24.8. The second-order valence-corrected chi connectivity index (χ2v) is 5.90. The summed E-state index contributed by atoms with van der Waals surface area (Å²) >= 11 is 0. The first-order valence-electron chi connectivity index (χ1n) is 8.83. The summed E-state index contributed by atoms with van der Waals surface area (Å²) in [6.07, 6.45) is 0. The van der Waals surface area contributed by atoms with Gasteiger partial charge in [0.25, 0.3) is 0 Å². The first-order chi connectivity index (χ1) is 14.5. The van der Waals surface area contributed by atoms with Crippen LogP contribution in [0.15, 0.2) is 42.5 Å². The van der Waals surface area contributed by atoms with Crippen LogP contribution < -0.4 is 25.3 Å². The van der Waals surface area contributed by atoms with Gasteiger partial charge in [-0.25, -0.2) is 4.79 Å². The van der Waals surface area contributed by atoms with Crippen LogP contribution in [0.1, 0.15) is 16.2 Å². The minimum atomic E-state index is -0.604. The quantitative estimate of drug-likeness (QED) is 0.533. The summed E-state index contributed by atoms with van der Waals surface area (Å²) in [6, 6.07) is 12.0. The molecule has 0 aliphatic rings. The normalized spacial score (nSPS) is 10.2. The second-order valence-electron chi connectivity index (χ2n) is 5.90. The predicted octanol–water partition coefficient (Wildman–Crippen LogP) is 2.58. The number of methoxy groups -OCH3 is 3. The Hall–Kier alpha value is -4.08. The van der Waals surface area contributed by atoms with Gasteiger partial charge in [-0.15, -0.1) is 0 Å². The van der Waals surface area contributed by atoms with E-state index >= 15 is 0 Å². The fourth-order valence-corrected chi connectivity index (χ4v) is 2.60. The lowest BCUT2D eigenvalue weighted by Gasteiger charge is -2.12. The molecule has 0 bridgehead atoms. The number of nitrogens with one attached hydrogen (secondary N) is 1. The zero-order valence-corrected chi connectivity index (χ0v) is 16.7. The fourth-order valence-electron chi connectivity index (χ4n) is 2.60. The van der Waals surface area contributed by atoms with Crippen LogP contribution in [0.5, 0.6) is 17.2 Å². The Bertz CT molecular complexity index is 1040. The third-order valence-electron chi connectivity index (χ3n) is 4.01. The number of hydrogen-bond acceptors (Lipinski definition) is 10. The topological polar surface area (TPSA) is 131 Å². The summed E-state index contributed by atoms with van der Waals surface area (Å²) in [5.74, 6) is 1.24. The smallest absolute Gasteiger partial charge is 0.342 e. The Balaban J connectivity index is 1.74. The van der Waals surface area contributed by atoms with Gasteiger partial charge in [0.05, 0.1) is 27.0 Å². The largest absolute Gasteiger partial charge is 0.497 e. The van der Waals surface area contributed by atoms with Crippen molar-refractivity contribution in [1.29, 1.82) is 0 Å². The number of anilines is 3. The van der Waals surface area contributed by atoms with Crippen molar-refractivity contribution in [1.82, 2.24) is 15.0 Å². The van der Waals surface area contributed by atoms with E-state index in [0.717, 1.165) is 0 Å². The Morgan fingerprint density at radius 3 is 2.47 bits per heavy atom. The van der Waals surface area contributed by atoms with Gasteiger partial charge < -0.3 is 30.0 Å². The molecule has 3 N–H and O–H groups in total. The number of hydrogen-bond donors (Lipinski definition) is 2. The number of aromatic nitrogens is 3. The highest BCUT2D eigenvalue weighted by molar-refractivity contribution is 5.92. The third-order valence-corrected chi connectivity index (χ3v) is 4.01. The molecule has 0 saturated heterocycles. The van der Waals surface area contributed by atoms with E-state index in [0.29, 0.717) is 22.9 Å². The molecule has 3 rings (SSSR count). The summed E-state index contributed by atoms with van der Waals surface area (Å²) < 4.78 is 21.0. The van der Waals surface area contributed by atoms with Crippen molar-refractivity contribution < 1.29 is 23.7 Å². The Labute approximate surface area is 173 Å². The van der Waals surface area contributed by atoms with E-state index in [2.05, 4.69) is 20.3 Å². The molecule has 0 unspecified atom stereocenters. The highest BCUT2D eigenvalue weighted by atomic mass is 16.5. The van der Waals surface area contributed by atoms with Gasteiger partial charge in [-0.05, 0) is 24.3 Å². The maximum atomic E-state index is 12.5. The van der Waals surface area contributed by atoms with Crippen molar-refractivity contribution >= 4 is 23.6 Å². The lowest BCUT2D eigenvalue weighted by molar-refractivity contribution is 0.0458. The van der Waals surface area contributed by atoms with Crippen LogP contribution in [0.3, 0.4) is 0 Å². The van der Waals surface area contributed by atoms with Gasteiger partial charge in [0.1, 0.15) is 22.8 Å². The minimum Gasteiger partial charge on any atom is -0.497 e. The van der Waals surface area contributed by atoms with Crippen molar-refractivity contribution in [2.45, 2.75) is 6.61 Å². The monoisotopic (exact) mass is 411 g/mol. The number of carbonyl (C=O) groups excluding carboxylic acids is 1. The standard InChI is InChI=1S/C20H21N5O5/c1-27-12-8-9-13(16(10-12)29-3)18(26)30-11-17-23-19(21)25-20(24-17)22-14-6-4-5-7-15(14)28-2/h4-10H,11H2,1-3H3,(H3,21,22,23,24,25). The molecule has 0 saturated carbocycles. The minimum absolute atomic E-state index is 0.0181. The van der Waals surface area contributed by atoms with Crippen LogP contribution in [0.25, 0.3) is 0 Å². The van der Waals surface area contributed by atoms with Gasteiger partial charge in [0.2, 0.25) is 11.9 Å². The van der Waals surface area contributed by atoms with Crippen LogP contribution in [0.4, 0.5) is 17.6 Å². The second kappa shape index (κ2) is 9.41. The average molecular weight is 411 g/mol. The number of esters is 1. The number of nitrogens with two attached hydrogens (primary N) is 1. The molecular weight excluding hydrogens is 390 g/mol. The Morgan fingerprint density at radius 1 is 0.967 bits per heavy atom. The van der Waals surface area contributed by atoms with E-state index in [1.54, 1.807) is 37.4 Å². The van der Waals surface area contributed by atoms with Crippen LogP contribution in [-0.4, -0.2) is 42.3 Å². The number of benzene rings is 2. The van der Waals surface area contributed by atoms with Gasteiger partial charge in [0, 0.05) is 6.07 Å². The zero-order chi connectivity index (χ0) is 21.5. The van der Waals surface area contributed by atoms with Crippen LogP contribution in [0, 0.1) is 0 Å². The molecule has 1 heterocycles. The molecule has 0 fully saturated rings. The van der Waals surface area contributed by atoms with Crippen molar-refractivity contribution in [3.8, 4) is 17.2 Å². The molecule has 0 spiro atoms. The van der Waals surface area contributed by atoms with Crippen molar-refractivity contribution in [3.63, 3.8) is 0 Å². The van der Waals surface area contributed by atoms with E-state index in [1.165, 1.54) is 14.2 Å². The molecule has 0 atom stereocenters. The number of ether oxygens (including phenoxy) is 4. The molecule has 10 heteroatoms. The number of nitrogen functional groups attached to an aromatic ring is 1. The first-order valence-corrected chi connectivity index (χ1v) is 8.83. The highest BCUT2D eigenvalue weighted by Gasteiger charge is 2.16. The van der Waals surface area contributed by atoms with E-state index in [9.17, 15) is 4.79 Å². The van der Waals surface area contributed by atoms with Crippen molar-refractivity contribution in [3.05, 3.63) is 53.9 Å². The molecular formula is C20H21N5O5. The molecule has 1 aromatic heterocycles. The fraction of sp³-hybridized carbons (Fsp3) is 0.200. The third kappa shape index (κ3) is 4.85. The van der Waals surface area contributed by atoms with Crippen LogP contribution in [0.2, 0.25) is 0 Å². The summed E-state index contributed by atoms with van der Waals surface area (Å²) in [5.41, 5.74) is 6.66. The van der Waals surface area contributed by atoms with E-state index < -0.39 is 5.97 Å². The van der Waals surface area contributed by atoms with Gasteiger partial charge in [-0.1, -0.05) is 12.1 Å². The van der Waals surface area contributed by atoms with Gasteiger partial charge >= 0.3 is 5.97 Å². The van der Waals surface area contributed by atoms with E-state index in [4.69, 9.17) is 24.7 Å². The maximum absolute atomic E-state index is 12.5. The number of rotatable bonds is 8. The van der Waals surface area contributed by atoms with Gasteiger partial charge in [-0.2, -0.15) is 15.0 Å². The summed E-state index contributed by atoms with van der Waals surface area (Å²) in [5, 5.41) is 3.01. The number of carbonyl (C=O) groups is 1. The lowest BCUT2D eigenvalue weighted by Crippen LogP contribution is -2.12. The Kier molecular flexibility index (Phi) is 6.48. The van der Waals surface area contributed by atoms with E-state index in [-0.39, 0.29) is 29.9 Å². The maximum Gasteiger partial charge on any atom is 0.342 e. The van der Waals surface area contributed by atoms with Crippen molar-refractivity contribution in [2.75, 3.05) is 32.4 Å². The zero-order valence-electron chi connectivity index (χ0n) is 16.7. The van der Waals surface area contributed by atoms with Crippen LogP contribution >= 0.6 is 0 Å². The van der Waals surface area contributed by atoms with Crippen molar-refractivity contribution in [2.24, 2.45) is 0 Å². The SMILES string of the molecule is COc1ccc(C(=O)OCc2nc(N)nc(Nc3ccccc3OC)n2)c(OC)c1. The molecule has 30 heavy (non-hydrogen) atoms. The molecule has 3 aromatic rings. The molecule has 0 aliphatic heterocycles. The highest BCUT2D eigenvalue weighted by Crippen LogP contribution is 2.27. The molecule has 0 radical (unpaired) electrons. The number of para-hydroxylation sites is 2. The lowest BCUT2D eigenvalue weighted by atomic mass is 10.2. The summed E-state index contributed by atoms with van der Waals surface area (Å²) in [7, 11) is 4.53. The van der Waals surface area contributed by atoms with Gasteiger partial charge in [-0.3, -0.25) is 0 Å². The number of nitrogens with zero attached hydrogens (tertiary/aromatic N) is 3. The molecule has 0 amide bonds. The van der Waals surface area contributed by atoms with Gasteiger partial charge in [0.15, 0.2) is 12.4 Å². The molecule has 156 valence electrons. The first kappa shape index (κ1) is 20.6. The molecule has 2 aromatic carbocycles. The predicted molar refractivity (Wildman–Crippen MR) is 109 cm³/mol. The Morgan fingerprint density at radius 2 is 1.73 bits per heavy atom. The van der Waals surface area contributed by atoms with Crippen LogP contribution in [-0.2, 0) is 11.3 Å².